The lowest BCUT2D eigenvalue weighted by Crippen LogP contribution is -2.24. The van der Waals surface area contributed by atoms with Gasteiger partial charge in [0.25, 0.3) is 0 Å². The van der Waals surface area contributed by atoms with E-state index in [9.17, 15) is 0 Å². The van der Waals surface area contributed by atoms with Crippen LogP contribution in [0.3, 0.4) is 0 Å². The van der Waals surface area contributed by atoms with Crippen LogP contribution in [0.4, 0.5) is 0 Å². The molecule has 3 rings (SSSR count). The van der Waals surface area contributed by atoms with E-state index in [1.807, 2.05) is 24.3 Å². The Hall–Kier alpha value is -1.26. The van der Waals surface area contributed by atoms with Crippen LogP contribution in [0.5, 0.6) is 5.75 Å². The van der Waals surface area contributed by atoms with E-state index >= 15 is 0 Å². The van der Waals surface area contributed by atoms with Crippen LogP contribution in [0.15, 0.2) is 39.4 Å². The number of furan rings is 1. The van der Waals surface area contributed by atoms with Gasteiger partial charge in [-0.1, -0.05) is 6.07 Å². The summed E-state index contributed by atoms with van der Waals surface area (Å²) >= 11 is 3.30. The number of halogens is 1. The van der Waals surface area contributed by atoms with E-state index in [-0.39, 0.29) is 11.6 Å². The number of ether oxygens (including phenoxy) is 1. The summed E-state index contributed by atoms with van der Waals surface area (Å²) in [6, 6.07) is 9.61. The van der Waals surface area contributed by atoms with Gasteiger partial charge in [0, 0.05) is 6.42 Å². The molecule has 2 N–H and O–H groups in total. The molecule has 1 atom stereocenters. The molecule has 2 aromatic rings. The van der Waals surface area contributed by atoms with Gasteiger partial charge in [0.15, 0.2) is 4.67 Å². The highest BCUT2D eigenvalue weighted by atomic mass is 79.9. The van der Waals surface area contributed by atoms with Crippen molar-refractivity contribution >= 4 is 15.9 Å². The minimum Gasteiger partial charge on any atom is -0.487 e. The van der Waals surface area contributed by atoms with Gasteiger partial charge in [-0.15, -0.1) is 0 Å². The van der Waals surface area contributed by atoms with Gasteiger partial charge in [-0.3, -0.25) is 0 Å². The standard InChI is InChI=1S/C15H16BrNO2/c1-15(2)8-10-7-9(3-4-11(10)19-15)14(17)12-5-6-13(16)18-12/h3-7,14H,8,17H2,1-2H3. The average molecular weight is 322 g/mol. The Morgan fingerprint density at radius 3 is 2.74 bits per heavy atom. The number of nitrogens with two attached hydrogens (primary N) is 1. The third-order valence-corrected chi connectivity index (χ3v) is 3.77. The second-order valence-corrected chi connectivity index (χ2v) is 6.31. The molecule has 4 heteroatoms. The Labute approximate surface area is 120 Å². The maximum absolute atomic E-state index is 6.24. The van der Waals surface area contributed by atoms with Crippen LogP contribution < -0.4 is 10.5 Å². The van der Waals surface area contributed by atoms with Crippen LogP contribution in [-0.2, 0) is 6.42 Å². The van der Waals surface area contributed by atoms with Crippen molar-refractivity contribution in [2.24, 2.45) is 5.73 Å². The molecular weight excluding hydrogens is 306 g/mol. The zero-order valence-corrected chi connectivity index (χ0v) is 12.5. The normalized spacial score (nSPS) is 17.9. The number of benzene rings is 1. The van der Waals surface area contributed by atoms with Gasteiger partial charge in [-0.05, 0) is 65.2 Å². The fourth-order valence-electron chi connectivity index (χ4n) is 2.48. The third kappa shape index (κ3) is 2.42. The van der Waals surface area contributed by atoms with Crippen molar-refractivity contribution in [2.45, 2.75) is 31.9 Å². The second-order valence-electron chi connectivity index (χ2n) is 5.53. The van der Waals surface area contributed by atoms with E-state index in [1.54, 1.807) is 0 Å². The Balaban J connectivity index is 1.92. The highest BCUT2D eigenvalue weighted by molar-refractivity contribution is 9.10. The van der Waals surface area contributed by atoms with E-state index in [0.29, 0.717) is 4.67 Å². The van der Waals surface area contributed by atoms with Gasteiger partial charge in [-0.2, -0.15) is 0 Å². The fourth-order valence-corrected chi connectivity index (χ4v) is 2.80. The van der Waals surface area contributed by atoms with Crippen LogP contribution in [0, 0.1) is 0 Å². The van der Waals surface area contributed by atoms with Crippen molar-refractivity contribution in [1.29, 1.82) is 0 Å². The van der Waals surface area contributed by atoms with Crippen molar-refractivity contribution < 1.29 is 9.15 Å². The number of hydrogen-bond donors (Lipinski definition) is 1. The number of rotatable bonds is 2. The van der Waals surface area contributed by atoms with Crippen molar-refractivity contribution in [1.82, 2.24) is 0 Å². The minimum absolute atomic E-state index is 0.126. The summed E-state index contributed by atoms with van der Waals surface area (Å²) in [5, 5.41) is 0. The van der Waals surface area contributed by atoms with E-state index in [4.69, 9.17) is 14.9 Å². The van der Waals surface area contributed by atoms with Crippen LogP contribution in [-0.4, -0.2) is 5.60 Å². The highest BCUT2D eigenvalue weighted by Crippen LogP contribution is 2.36. The molecule has 0 spiro atoms. The fraction of sp³-hybridized carbons (Fsp3) is 0.333. The van der Waals surface area contributed by atoms with Gasteiger partial charge < -0.3 is 14.9 Å². The Kier molecular flexibility index (Phi) is 2.95. The molecule has 0 bridgehead atoms. The lowest BCUT2D eigenvalue weighted by molar-refractivity contribution is 0.138. The van der Waals surface area contributed by atoms with Gasteiger partial charge in [0.05, 0.1) is 6.04 Å². The molecule has 0 amide bonds. The Bertz CT molecular complexity index is 618. The summed E-state index contributed by atoms with van der Waals surface area (Å²) in [5.41, 5.74) is 8.36. The monoisotopic (exact) mass is 321 g/mol. The Morgan fingerprint density at radius 2 is 2.05 bits per heavy atom. The molecule has 3 nitrogen and oxygen atoms in total. The van der Waals surface area contributed by atoms with Gasteiger partial charge in [0.1, 0.15) is 17.1 Å². The van der Waals surface area contributed by atoms with Crippen molar-refractivity contribution in [3.05, 3.63) is 51.9 Å². The quantitative estimate of drug-likeness (QED) is 0.915. The molecule has 1 aliphatic heterocycles. The molecule has 1 aromatic carbocycles. The van der Waals surface area contributed by atoms with E-state index in [0.717, 1.165) is 23.5 Å². The van der Waals surface area contributed by atoms with Gasteiger partial charge in [-0.25, -0.2) is 0 Å². The molecule has 0 radical (unpaired) electrons. The molecule has 0 aliphatic carbocycles. The van der Waals surface area contributed by atoms with Crippen LogP contribution in [0.2, 0.25) is 0 Å². The first-order valence-corrected chi connectivity index (χ1v) is 7.06. The minimum atomic E-state index is -0.250. The van der Waals surface area contributed by atoms with Crippen LogP contribution in [0.25, 0.3) is 0 Å². The van der Waals surface area contributed by atoms with Gasteiger partial charge in [0.2, 0.25) is 0 Å². The molecule has 100 valence electrons. The molecule has 0 saturated heterocycles. The summed E-state index contributed by atoms with van der Waals surface area (Å²) in [4.78, 5) is 0. The molecule has 0 saturated carbocycles. The summed E-state index contributed by atoms with van der Waals surface area (Å²) in [6.45, 7) is 4.19. The van der Waals surface area contributed by atoms with Crippen LogP contribution in [0.1, 0.15) is 36.8 Å². The van der Waals surface area contributed by atoms with E-state index in [2.05, 4.69) is 35.8 Å². The maximum atomic E-state index is 6.24. The summed E-state index contributed by atoms with van der Waals surface area (Å²) < 4.78 is 12.1. The summed E-state index contributed by atoms with van der Waals surface area (Å²) in [6.07, 6.45) is 0.907. The topological polar surface area (TPSA) is 48.4 Å². The van der Waals surface area contributed by atoms with Crippen LogP contribution >= 0.6 is 15.9 Å². The predicted molar refractivity (Wildman–Crippen MR) is 77.3 cm³/mol. The largest absolute Gasteiger partial charge is 0.487 e. The van der Waals surface area contributed by atoms with Gasteiger partial charge >= 0.3 is 0 Å². The van der Waals surface area contributed by atoms with Crippen molar-refractivity contribution in [3.63, 3.8) is 0 Å². The molecule has 19 heavy (non-hydrogen) atoms. The average Bonchev–Trinajstić information content (AvgIpc) is 2.88. The molecule has 1 aromatic heterocycles. The summed E-state index contributed by atoms with van der Waals surface area (Å²) in [7, 11) is 0. The molecule has 2 heterocycles. The number of fused-ring (bicyclic) bond motifs is 1. The first-order chi connectivity index (χ1) is 8.94. The predicted octanol–water partition coefficient (Wildman–Crippen LogP) is 3.80. The second kappa shape index (κ2) is 4.39. The SMILES string of the molecule is CC1(C)Cc2cc(C(N)c3ccc(Br)o3)ccc2O1. The molecular formula is C15H16BrNO2. The highest BCUT2D eigenvalue weighted by Gasteiger charge is 2.30. The van der Waals surface area contributed by atoms with Crippen molar-refractivity contribution in [2.75, 3.05) is 0 Å². The Morgan fingerprint density at radius 1 is 1.26 bits per heavy atom. The molecule has 0 fully saturated rings. The summed E-state index contributed by atoms with van der Waals surface area (Å²) in [5.74, 6) is 1.71. The number of hydrogen-bond acceptors (Lipinski definition) is 3. The maximum Gasteiger partial charge on any atom is 0.169 e. The first-order valence-electron chi connectivity index (χ1n) is 6.27. The van der Waals surface area contributed by atoms with Crippen molar-refractivity contribution in [3.8, 4) is 5.75 Å². The molecule has 1 unspecified atom stereocenters. The lowest BCUT2D eigenvalue weighted by Gasteiger charge is -2.16. The zero-order valence-electron chi connectivity index (χ0n) is 10.9. The van der Waals surface area contributed by atoms with E-state index < -0.39 is 0 Å². The lowest BCUT2D eigenvalue weighted by atomic mass is 9.97. The smallest absolute Gasteiger partial charge is 0.169 e. The first kappa shape index (κ1) is 12.8. The zero-order chi connectivity index (χ0) is 13.6. The van der Waals surface area contributed by atoms with E-state index in [1.165, 1.54) is 5.56 Å². The molecule has 1 aliphatic rings. The third-order valence-electron chi connectivity index (χ3n) is 3.35.